The molecule has 3 aromatic carbocycles. The molecular weight excluding hydrogens is 406 g/mol. The van der Waals surface area contributed by atoms with Crippen LogP contribution in [0.3, 0.4) is 0 Å². The predicted molar refractivity (Wildman–Crippen MR) is 139 cm³/mol. The van der Waals surface area contributed by atoms with Crippen molar-refractivity contribution in [2.75, 3.05) is 0 Å². The number of benzene rings is 3. The summed E-state index contributed by atoms with van der Waals surface area (Å²) < 4.78 is 9.04. The van der Waals surface area contributed by atoms with E-state index >= 15 is 0 Å². The van der Waals surface area contributed by atoms with Crippen molar-refractivity contribution in [3.63, 3.8) is 0 Å². The van der Waals surface area contributed by atoms with Gasteiger partial charge in [-0.3, -0.25) is 0 Å². The van der Waals surface area contributed by atoms with E-state index in [1.54, 1.807) is 0 Å². The second-order valence-electron chi connectivity index (χ2n) is 11.0. The predicted octanol–water partition coefficient (Wildman–Crippen LogP) is 6.95. The molecule has 0 aliphatic carbocycles. The lowest BCUT2D eigenvalue weighted by Gasteiger charge is -2.26. The SMILES string of the molecule is Cc1c2c(c(C)c3cc(CC(C)C)ccc13)-c1c3c(cc([Si](C)(C)C)cc3cc[n+]1C)O2. The zero-order chi connectivity index (χ0) is 22.9. The van der Waals surface area contributed by atoms with E-state index < -0.39 is 8.07 Å². The van der Waals surface area contributed by atoms with Gasteiger partial charge in [0.2, 0.25) is 5.69 Å². The van der Waals surface area contributed by atoms with Gasteiger partial charge in [-0.05, 0) is 59.5 Å². The molecule has 0 N–H and O–H groups in total. The Balaban J connectivity index is 1.87. The van der Waals surface area contributed by atoms with E-state index in [2.05, 4.69) is 102 Å². The molecule has 4 aromatic rings. The first-order chi connectivity index (χ1) is 15.1. The monoisotopic (exact) mass is 440 g/mol. The zero-order valence-electron chi connectivity index (χ0n) is 20.7. The van der Waals surface area contributed by atoms with Crippen LogP contribution < -0.4 is 14.5 Å². The summed E-state index contributed by atoms with van der Waals surface area (Å²) in [5.74, 6) is 2.68. The molecule has 0 atom stereocenters. The molecule has 164 valence electrons. The van der Waals surface area contributed by atoms with Gasteiger partial charge in [-0.15, -0.1) is 0 Å². The van der Waals surface area contributed by atoms with Gasteiger partial charge < -0.3 is 4.74 Å². The molecule has 1 aromatic heterocycles. The number of nitrogens with zero attached hydrogens (tertiary/aromatic N) is 1. The van der Waals surface area contributed by atoms with Gasteiger partial charge in [-0.1, -0.05) is 62.9 Å². The summed E-state index contributed by atoms with van der Waals surface area (Å²) >= 11 is 0. The second kappa shape index (κ2) is 7.18. The minimum Gasteiger partial charge on any atom is -0.455 e. The van der Waals surface area contributed by atoms with E-state index in [1.165, 1.54) is 54.7 Å². The fraction of sp³-hybridized carbons (Fsp3) is 0.345. The van der Waals surface area contributed by atoms with Crippen LogP contribution in [0.15, 0.2) is 42.6 Å². The van der Waals surface area contributed by atoms with Gasteiger partial charge in [0.15, 0.2) is 6.20 Å². The Morgan fingerprint density at radius 2 is 1.69 bits per heavy atom. The molecular formula is C29H34NOSi+. The summed E-state index contributed by atoms with van der Waals surface area (Å²) in [6.07, 6.45) is 3.31. The molecule has 0 saturated carbocycles. The Bertz CT molecular complexity index is 1410. The molecule has 0 saturated heterocycles. The summed E-state index contributed by atoms with van der Waals surface area (Å²) in [7, 11) is 0.689. The zero-order valence-corrected chi connectivity index (χ0v) is 21.7. The number of rotatable bonds is 3. The van der Waals surface area contributed by atoms with Gasteiger partial charge in [0.1, 0.15) is 18.5 Å². The summed E-state index contributed by atoms with van der Waals surface area (Å²) in [5, 5.41) is 6.61. The lowest BCUT2D eigenvalue weighted by molar-refractivity contribution is -0.659. The normalized spacial score (nSPS) is 13.0. The molecule has 0 amide bonds. The quantitative estimate of drug-likeness (QED) is 0.218. The summed E-state index contributed by atoms with van der Waals surface area (Å²) in [6, 6.07) is 13.9. The number of aryl methyl sites for hydroxylation is 3. The minimum absolute atomic E-state index is 0.647. The molecule has 1 aliphatic heterocycles. The van der Waals surface area contributed by atoms with Crippen molar-refractivity contribution < 1.29 is 9.30 Å². The van der Waals surface area contributed by atoms with Crippen molar-refractivity contribution in [3.8, 4) is 22.8 Å². The van der Waals surface area contributed by atoms with E-state index in [9.17, 15) is 0 Å². The highest BCUT2D eigenvalue weighted by molar-refractivity contribution is 6.88. The molecule has 0 spiro atoms. The lowest BCUT2D eigenvalue weighted by atomic mass is 9.88. The molecule has 2 nitrogen and oxygen atoms in total. The van der Waals surface area contributed by atoms with Crippen LogP contribution in [-0.4, -0.2) is 8.07 Å². The Hall–Kier alpha value is -2.65. The van der Waals surface area contributed by atoms with Gasteiger partial charge >= 0.3 is 0 Å². The van der Waals surface area contributed by atoms with E-state index in [0.29, 0.717) is 5.92 Å². The van der Waals surface area contributed by atoms with Crippen LogP contribution in [0, 0.1) is 19.8 Å². The van der Waals surface area contributed by atoms with E-state index in [1.807, 2.05) is 0 Å². The third-order valence-electron chi connectivity index (χ3n) is 6.99. The number of pyridine rings is 1. The first-order valence-corrected chi connectivity index (χ1v) is 15.3. The van der Waals surface area contributed by atoms with E-state index in [-0.39, 0.29) is 0 Å². The highest BCUT2D eigenvalue weighted by Gasteiger charge is 2.33. The van der Waals surface area contributed by atoms with Gasteiger partial charge in [-0.25, -0.2) is 4.57 Å². The highest BCUT2D eigenvalue weighted by Crippen LogP contribution is 2.50. The first-order valence-electron chi connectivity index (χ1n) is 11.8. The van der Waals surface area contributed by atoms with E-state index in [0.717, 1.165) is 17.9 Å². The molecule has 2 heterocycles. The van der Waals surface area contributed by atoms with Crippen LogP contribution in [0.4, 0.5) is 0 Å². The van der Waals surface area contributed by atoms with Crippen LogP contribution in [-0.2, 0) is 13.5 Å². The van der Waals surface area contributed by atoms with Crippen molar-refractivity contribution in [2.45, 2.75) is 53.8 Å². The first kappa shape index (κ1) is 21.2. The molecule has 32 heavy (non-hydrogen) atoms. The molecule has 5 rings (SSSR count). The van der Waals surface area contributed by atoms with Crippen LogP contribution in [0.25, 0.3) is 32.8 Å². The summed E-state index contributed by atoms with van der Waals surface area (Å²) in [6.45, 7) is 16.3. The molecule has 0 bridgehead atoms. The average Bonchev–Trinajstić information content (AvgIpc) is 2.72. The van der Waals surface area contributed by atoms with Crippen molar-refractivity contribution >= 4 is 34.8 Å². The maximum Gasteiger partial charge on any atom is 0.228 e. The van der Waals surface area contributed by atoms with Gasteiger partial charge in [0.25, 0.3) is 0 Å². The average molecular weight is 441 g/mol. The van der Waals surface area contributed by atoms with Crippen LogP contribution in [0.5, 0.6) is 11.5 Å². The van der Waals surface area contributed by atoms with Crippen LogP contribution in [0.2, 0.25) is 19.6 Å². The van der Waals surface area contributed by atoms with Crippen molar-refractivity contribution in [1.82, 2.24) is 0 Å². The number of hydrogen-bond acceptors (Lipinski definition) is 1. The third kappa shape index (κ3) is 3.17. The maximum absolute atomic E-state index is 6.76. The fourth-order valence-corrected chi connectivity index (χ4v) is 6.40. The van der Waals surface area contributed by atoms with Crippen molar-refractivity contribution in [2.24, 2.45) is 13.0 Å². The molecule has 3 heteroatoms. The van der Waals surface area contributed by atoms with Crippen molar-refractivity contribution in [1.29, 1.82) is 0 Å². The largest absolute Gasteiger partial charge is 0.455 e. The standard InChI is InChI=1S/C29H34NOSi/c1-17(2)13-20-9-10-23-19(4)29-26(18(3)24(23)14-20)28-27-21(11-12-30(28)5)15-22(32(6,7)8)16-25(27)31-29/h9-12,14-17H,13H2,1-8H3/q+1. The Kier molecular flexibility index (Phi) is 4.76. The highest BCUT2D eigenvalue weighted by atomic mass is 28.3. The van der Waals surface area contributed by atoms with Gasteiger partial charge in [-0.2, -0.15) is 0 Å². The minimum atomic E-state index is -1.47. The van der Waals surface area contributed by atoms with E-state index in [4.69, 9.17) is 4.74 Å². The smallest absolute Gasteiger partial charge is 0.228 e. The fourth-order valence-electron chi connectivity index (χ4n) is 5.24. The lowest BCUT2D eigenvalue weighted by Crippen LogP contribution is -2.38. The second-order valence-corrected chi connectivity index (χ2v) is 16.1. The van der Waals surface area contributed by atoms with Gasteiger partial charge in [0, 0.05) is 11.6 Å². The molecule has 0 fully saturated rings. The summed E-state index contributed by atoms with van der Waals surface area (Å²) in [5.41, 5.74) is 6.48. The Morgan fingerprint density at radius 3 is 2.38 bits per heavy atom. The molecule has 0 radical (unpaired) electrons. The number of fused-ring (bicyclic) bond motifs is 3. The van der Waals surface area contributed by atoms with Gasteiger partial charge in [0.05, 0.1) is 19.0 Å². The third-order valence-corrected chi connectivity index (χ3v) is 9.01. The Morgan fingerprint density at radius 1 is 0.938 bits per heavy atom. The maximum atomic E-state index is 6.76. The molecule has 1 aliphatic rings. The summed E-state index contributed by atoms with van der Waals surface area (Å²) in [4.78, 5) is 0. The number of aromatic nitrogens is 1. The topological polar surface area (TPSA) is 13.1 Å². The number of ether oxygens (including phenoxy) is 1. The van der Waals surface area contributed by atoms with Crippen LogP contribution >= 0.6 is 0 Å². The molecule has 0 unspecified atom stereocenters. The van der Waals surface area contributed by atoms with Crippen molar-refractivity contribution in [3.05, 3.63) is 59.3 Å². The Labute approximate surface area is 192 Å². The van der Waals surface area contributed by atoms with Crippen LogP contribution in [0.1, 0.15) is 30.5 Å². The number of hydrogen-bond donors (Lipinski definition) is 0.